The van der Waals surface area contributed by atoms with Crippen LogP contribution in [0.5, 0.6) is 0 Å². The number of hydrogen-bond donors (Lipinski definition) is 1. The van der Waals surface area contributed by atoms with Crippen LogP contribution in [0.4, 0.5) is 0 Å². The number of carbonyl (C=O) groups excluding carboxylic acids is 1. The highest BCUT2D eigenvalue weighted by molar-refractivity contribution is 5.76. The van der Waals surface area contributed by atoms with Gasteiger partial charge in [0, 0.05) is 51.5 Å². The zero-order valence-corrected chi connectivity index (χ0v) is 11.1. The van der Waals surface area contributed by atoms with Gasteiger partial charge in [-0.05, 0) is 26.0 Å². The molecule has 0 unspecified atom stereocenters. The summed E-state index contributed by atoms with van der Waals surface area (Å²) in [4.78, 5) is 13.6. The van der Waals surface area contributed by atoms with Crippen LogP contribution in [0.1, 0.15) is 26.0 Å². The Bertz CT molecular complexity index is 342. The minimum absolute atomic E-state index is 0.231. The lowest BCUT2D eigenvalue weighted by molar-refractivity contribution is -0.130. The minimum atomic E-state index is 0.231. The van der Waals surface area contributed by atoms with Crippen LogP contribution in [0, 0.1) is 0 Å². The molecule has 0 radical (unpaired) electrons. The molecule has 1 N–H and O–H groups in total. The Labute approximate surface area is 104 Å². The first kappa shape index (κ1) is 13.8. The molecule has 0 saturated heterocycles. The summed E-state index contributed by atoms with van der Waals surface area (Å²) in [5.74, 6) is 0.231. The molecule has 17 heavy (non-hydrogen) atoms. The molecular formula is C13H23N3O. The van der Waals surface area contributed by atoms with Crippen LogP contribution in [0.25, 0.3) is 0 Å². The second-order valence-corrected chi connectivity index (χ2v) is 4.10. The normalized spacial score (nSPS) is 10.5. The molecule has 0 aromatic carbocycles. The summed E-state index contributed by atoms with van der Waals surface area (Å²) in [7, 11) is 2.03. The van der Waals surface area contributed by atoms with Crippen LogP contribution in [0.2, 0.25) is 0 Å². The third kappa shape index (κ3) is 4.23. The first-order valence-corrected chi connectivity index (χ1v) is 6.27. The Hall–Kier alpha value is -1.29. The largest absolute Gasteiger partial charge is 0.353 e. The van der Waals surface area contributed by atoms with Crippen molar-refractivity contribution >= 4 is 5.91 Å². The molecule has 4 nitrogen and oxygen atoms in total. The van der Waals surface area contributed by atoms with E-state index in [4.69, 9.17) is 0 Å². The molecule has 0 fully saturated rings. The van der Waals surface area contributed by atoms with Crippen molar-refractivity contribution in [1.82, 2.24) is 14.8 Å². The summed E-state index contributed by atoms with van der Waals surface area (Å²) in [5.41, 5.74) is 1.24. The van der Waals surface area contributed by atoms with Gasteiger partial charge in [-0.1, -0.05) is 0 Å². The maximum atomic E-state index is 11.7. The van der Waals surface area contributed by atoms with E-state index in [1.54, 1.807) is 0 Å². The van der Waals surface area contributed by atoms with Crippen molar-refractivity contribution in [3.63, 3.8) is 0 Å². The monoisotopic (exact) mass is 237 g/mol. The third-order valence-electron chi connectivity index (χ3n) is 2.99. The first-order valence-electron chi connectivity index (χ1n) is 6.27. The van der Waals surface area contributed by atoms with Gasteiger partial charge < -0.3 is 14.8 Å². The third-order valence-corrected chi connectivity index (χ3v) is 2.99. The Morgan fingerprint density at radius 3 is 2.65 bits per heavy atom. The predicted octanol–water partition coefficient (Wildman–Crippen LogP) is 1.37. The second kappa shape index (κ2) is 7.12. The van der Waals surface area contributed by atoms with E-state index in [0.717, 1.165) is 26.2 Å². The fourth-order valence-electron chi connectivity index (χ4n) is 1.83. The maximum Gasteiger partial charge on any atom is 0.223 e. The van der Waals surface area contributed by atoms with Crippen molar-refractivity contribution < 1.29 is 4.79 Å². The van der Waals surface area contributed by atoms with Gasteiger partial charge in [-0.2, -0.15) is 0 Å². The highest BCUT2D eigenvalue weighted by atomic mass is 16.2. The minimum Gasteiger partial charge on any atom is -0.353 e. The number of nitrogens with zero attached hydrogens (tertiary/aromatic N) is 2. The van der Waals surface area contributed by atoms with Gasteiger partial charge >= 0.3 is 0 Å². The summed E-state index contributed by atoms with van der Waals surface area (Å²) < 4.78 is 2.08. The van der Waals surface area contributed by atoms with Gasteiger partial charge in [-0.15, -0.1) is 0 Å². The SMILES string of the molecule is CCN(CC)C(=O)CCNCc1cccn1C. The number of rotatable bonds is 7. The molecule has 1 aromatic rings. The van der Waals surface area contributed by atoms with E-state index in [0.29, 0.717) is 6.42 Å². The van der Waals surface area contributed by atoms with Crippen molar-refractivity contribution in [2.45, 2.75) is 26.8 Å². The molecule has 1 amide bonds. The lowest BCUT2D eigenvalue weighted by Crippen LogP contribution is -2.32. The van der Waals surface area contributed by atoms with E-state index in [1.165, 1.54) is 5.69 Å². The molecule has 1 aromatic heterocycles. The van der Waals surface area contributed by atoms with Crippen molar-refractivity contribution in [3.8, 4) is 0 Å². The molecule has 0 aliphatic carbocycles. The van der Waals surface area contributed by atoms with Gasteiger partial charge in [0.2, 0.25) is 5.91 Å². The number of carbonyl (C=O) groups is 1. The van der Waals surface area contributed by atoms with Gasteiger partial charge in [0.25, 0.3) is 0 Å². The Morgan fingerprint density at radius 1 is 1.41 bits per heavy atom. The van der Waals surface area contributed by atoms with Crippen LogP contribution in [0.15, 0.2) is 18.3 Å². The maximum absolute atomic E-state index is 11.7. The van der Waals surface area contributed by atoms with Crippen LogP contribution in [-0.4, -0.2) is 35.0 Å². The molecule has 0 bridgehead atoms. The van der Waals surface area contributed by atoms with Gasteiger partial charge in [0.15, 0.2) is 0 Å². The van der Waals surface area contributed by atoms with E-state index in [9.17, 15) is 4.79 Å². The van der Waals surface area contributed by atoms with Crippen molar-refractivity contribution in [3.05, 3.63) is 24.0 Å². The molecular weight excluding hydrogens is 214 g/mol. The van der Waals surface area contributed by atoms with Crippen LogP contribution >= 0.6 is 0 Å². The highest BCUT2D eigenvalue weighted by Crippen LogP contribution is 1.99. The molecule has 0 spiro atoms. The summed E-state index contributed by atoms with van der Waals surface area (Å²) in [6, 6.07) is 4.11. The molecule has 0 aliphatic heterocycles. The Balaban J connectivity index is 2.20. The van der Waals surface area contributed by atoms with E-state index < -0.39 is 0 Å². The standard InChI is InChI=1S/C13H23N3O/c1-4-16(5-2)13(17)8-9-14-11-12-7-6-10-15(12)3/h6-7,10,14H,4-5,8-9,11H2,1-3H3. The highest BCUT2D eigenvalue weighted by Gasteiger charge is 2.08. The van der Waals surface area contributed by atoms with Crippen LogP contribution in [0.3, 0.4) is 0 Å². The average Bonchev–Trinajstić information content (AvgIpc) is 2.72. The zero-order chi connectivity index (χ0) is 12.7. The van der Waals surface area contributed by atoms with E-state index in [1.807, 2.05) is 38.1 Å². The summed E-state index contributed by atoms with van der Waals surface area (Å²) in [5, 5.41) is 3.29. The Morgan fingerprint density at radius 2 is 2.12 bits per heavy atom. The fourth-order valence-corrected chi connectivity index (χ4v) is 1.83. The molecule has 1 heterocycles. The smallest absolute Gasteiger partial charge is 0.223 e. The molecule has 0 saturated carbocycles. The van der Waals surface area contributed by atoms with Crippen molar-refractivity contribution in [2.24, 2.45) is 7.05 Å². The van der Waals surface area contributed by atoms with Gasteiger partial charge in [-0.25, -0.2) is 0 Å². The summed E-state index contributed by atoms with van der Waals surface area (Å²) >= 11 is 0. The molecule has 96 valence electrons. The topological polar surface area (TPSA) is 37.3 Å². The van der Waals surface area contributed by atoms with Crippen molar-refractivity contribution in [1.29, 1.82) is 0 Å². The van der Waals surface area contributed by atoms with Gasteiger partial charge in [0.1, 0.15) is 0 Å². The number of aryl methyl sites for hydroxylation is 1. The number of amides is 1. The summed E-state index contributed by atoms with van der Waals surface area (Å²) in [6.45, 7) is 7.17. The summed E-state index contributed by atoms with van der Waals surface area (Å²) in [6.07, 6.45) is 2.60. The number of aromatic nitrogens is 1. The molecule has 4 heteroatoms. The predicted molar refractivity (Wildman–Crippen MR) is 69.7 cm³/mol. The fraction of sp³-hybridized carbons (Fsp3) is 0.615. The van der Waals surface area contributed by atoms with Gasteiger partial charge in [0.05, 0.1) is 0 Å². The quantitative estimate of drug-likeness (QED) is 0.727. The molecule has 0 atom stereocenters. The van der Waals surface area contributed by atoms with Crippen LogP contribution in [-0.2, 0) is 18.4 Å². The van der Waals surface area contributed by atoms with E-state index >= 15 is 0 Å². The van der Waals surface area contributed by atoms with E-state index in [-0.39, 0.29) is 5.91 Å². The average molecular weight is 237 g/mol. The number of nitrogens with one attached hydrogen (secondary N) is 1. The second-order valence-electron chi connectivity index (χ2n) is 4.10. The molecule has 1 rings (SSSR count). The zero-order valence-electron chi connectivity index (χ0n) is 11.1. The first-order chi connectivity index (χ1) is 8.19. The van der Waals surface area contributed by atoms with Crippen molar-refractivity contribution in [2.75, 3.05) is 19.6 Å². The lowest BCUT2D eigenvalue weighted by Gasteiger charge is -2.18. The van der Waals surface area contributed by atoms with Gasteiger partial charge in [-0.3, -0.25) is 4.79 Å². The van der Waals surface area contributed by atoms with E-state index in [2.05, 4.69) is 16.0 Å². The lowest BCUT2D eigenvalue weighted by atomic mass is 10.3. The van der Waals surface area contributed by atoms with Crippen LogP contribution < -0.4 is 5.32 Å². The molecule has 0 aliphatic rings. The Kier molecular flexibility index (Phi) is 5.77. The number of hydrogen-bond acceptors (Lipinski definition) is 2.